The third kappa shape index (κ3) is 3.45. The van der Waals surface area contributed by atoms with Gasteiger partial charge in [0.25, 0.3) is 0 Å². The molecule has 0 saturated heterocycles. The molecule has 0 amide bonds. The molecule has 0 fully saturated rings. The Morgan fingerprint density at radius 2 is 1.76 bits per heavy atom. The number of aryl methyl sites for hydroxylation is 1. The zero-order valence-electron chi connectivity index (χ0n) is 11.2. The van der Waals surface area contributed by atoms with Crippen LogP contribution in [0.5, 0.6) is 0 Å². The normalized spacial score (nSPS) is 13.2. The fraction of sp³-hybridized carbons (Fsp3) is 0.200. The SMILES string of the molecule is Cc1ccccc1C(NN)c1cc(C(F)(F)F)ccc1Br. The highest BCUT2D eigenvalue weighted by Crippen LogP contribution is 2.36. The maximum Gasteiger partial charge on any atom is 0.416 e. The summed E-state index contributed by atoms with van der Waals surface area (Å²) in [5.41, 5.74) is 4.13. The van der Waals surface area contributed by atoms with Crippen LogP contribution < -0.4 is 11.3 Å². The second kappa shape index (κ2) is 6.17. The molecule has 2 aromatic rings. The Balaban J connectivity index is 2.55. The van der Waals surface area contributed by atoms with Gasteiger partial charge in [0.2, 0.25) is 0 Å². The molecular weight excluding hydrogens is 345 g/mol. The van der Waals surface area contributed by atoms with Crippen molar-refractivity contribution in [2.45, 2.75) is 19.1 Å². The first-order chi connectivity index (χ1) is 9.84. The molecule has 2 rings (SSSR count). The smallest absolute Gasteiger partial charge is 0.271 e. The zero-order chi connectivity index (χ0) is 15.6. The molecule has 0 heterocycles. The first-order valence-electron chi connectivity index (χ1n) is 6.23. The summed E-state index contributed by atoms with van der Waals surface area (Å²) in [6.07, 6.45) is -4.39. The Bertz CT molecular complexity index is 641. The van der Waals surface area contributed by atoms with Gasteiger partial charge in [-0.05, 0) is 41.8 Å². The number of halogens is 4. The molecule has 2 aromatic carbocycles. The van der Waals surface area contributed by atoms with Crippen LogP contribution in [-0.2, 0) is 6.18 Å². The fourth-order valence-electron chi connectivity index (χ4n) is 2.20. The molecule has 112 valence electrons. The average molecular weight is 359 g/mol. The van der Waals surface area contributed by atoms with Gasteiger partial charge in [0, 0.05) is 4.47 Å². The highest BCUT2D eigenvalue weighted by Gasteiger charge is 2.32. The Labute approximate surface area is 129 Å². The van der Waals surface area contributed by atoms with Crippen molar-refractivity contribution in [1.82, 2.24) is 5.43 Å². The molecule has 1 atom stereocenters. The number of hydrogen-bond donors (Lipinski definition) is 2. The molecule has 0 bridgehead atoms. The quantitative estimate of drug-likeness (QED) is 0.633. The second-order valence-corrected chi connectivity index (χ2v) is 5.54. The topological polar surface area (TPSA) is 38.0 Å². The van der Waals surface area contributed by atoms with Crippen molar-refractivity contribution in [1.29, 1.82) is 0 Å². The van der Waals surface area contributed by atoms with Gasteiger partial charge in [-0.3, -0.25) is 5.84 Å². The highest BCUT2D eigenvalue weighted by atomic mass is 79.9. The summed E-state index contributed by atoms with van der Waals surface area (Å²) in [6.45, 7) is 1.89. The second-order valence-electron chi connectivity index (χ2n) is 4.69. The highest BCUT2D eigenvalue weighted by molar-refractivity contribution is 9.10. The van der Waals surface area contributed by atoms with Crippen LogP contribution in [0.25, 0.3) is 0 Å². The molecule has 0 saturated carbocycles. The molecular formula is C15H14BrF3N2. The number of hydrazine groups is 1. The number of nitrogens with one attached hydrogen (secondary N) is 1. The summed E-state index contributed by atoms with van der Waals surface area (Å²) < 4.78 is 39.2. The molecule has 2 nitrogen and oxygen atoms in total. The minimum atomic E-state index is -4.39. The van der Waals surface area contributed by atoms with Gasteiger partial charge >= 0.3 is 6.18 Å². The van der Waals surface area contributed by atoms with Crippen molar-refractivity contribution in [3.05, 3.63) is 69.2 Å². The maximum atomic E-state index is 12.9. The van der Waals surface area contributed by atoms with Crippen molar-refractivity contribution in [3.63, 3.8) is 0 Å². The van der Waals surface area contributed by atoms with E-state index in [0.29, 0.717) is 10.0 Å². The van der Waals surface area contributed by atoms with Gasteiger partial charge in [-0.2, -0.15) is 13.2 Å². The van der Waals surface area contributed by atoms with Gasteiger partial charge in [-0.1, -0.05) is 40.2 Å². The molecule has 0 aliphatic rings. The van der Waals surface area contributed by atoms with Crippen LogP contribution in [0.1, 0.15) is 28.3 Å². The van der Waals surface area contributed by atoms with Crippen molar-refractivity contribution < 1.29 is 13.2 Å². The Hall–Kier alpha value is -1.37. The summed E-state index contributed by atoms with van der Waals surface area (Å²) in [4.78, 5) is 0. The Morgan fingerprint density at radius 1 is 1.10 bits per heavy atom. The standard InChI is InChI=1S/C15H14BrF3N2/c1-9-4-2-3-5-11(9)14(21-20)12-8-10(15(17,18)19)6-7-13(12)16/h2-8,14,21H,20H2,1H3. The summed E-state index contributed by atoms with van der Waals surface area (Å²) >= 11 is 3.30. The van der Waals surface area contributed by atoms with E-state index in [0.717, 1.165) is 23.3 Å². The van der Waals surface area contributed by atoms with Crippen LogP contribution in [0.2, 0.25) is 0 Å². The first kappa shape index (κ1) is 16.0. The summed E-state index contributed by atoms with van der Waals surface area (Å²) in [5.74, 6) is 5.58. The van der Waals surface area contributed by atoms with E-state index in [1.54, 1.807) is 0 Å². The minimum Gasteiger partial charge on any atom is -0.271 e. The molecule has 0 aliphatic carbocycles. The van der Waals surface area contributed by atoms with Crippen LogP contribution in [0, 0.1) is 6.92 Å². The van der Waals surface area contributed by atoms with Crippen molar-refractivity contribution in [2.75, 3.05) is 0 Å². The van der Waals surface area contributed by atoms with E-state index in [4.69, 9.17) is 5.84 Å². The molecule has 0 aromatic heterocycles. The number of nitrogens with two attached hydrogens (primary N) is 1. The van der Waals surface area contributed by atoms with E-state index in [-0.39, 0.29) is 0 Å². The van der Waals surface area contributed by atoms with Crippen LogP contribution >= 0.6 is 15.9 Å². The Kier molecular flexibility index (Phi) is 4.70. The van der Waals surface area contributed by atoms with E-state index >= 15 is 0 Å². The molecule has 0 radical (unpaired) electrons. The third-order valence-corrected chi connectivity index (χ3v) is 4.02. The van der Waals surface area contributed by atoms with Crippen LogP contribution in [0.4, 0.5) is 13.2 Å². The van der Waals surface area contributed by atoms with Crippen LogP contribution in [-0.4, -0.2) is 0 Å². The molecule has 0 spiro atoms. The lowest BCUT2D eigenvalue weighted by molar-refractivity contribution is -0.137. The first-order valence-corrected chi connectivity index (χ1v) is 7.02. The minimum absolute atomic E-state index is 0.446. The van der Waals surface area contributed by atoms with Gasteiger partial charge in [0.1, 0.15) is 0 Å². The lowest BCUT2D eigenvalue weighted by atomic mass is 9.94. The molecule has 21 heavy (non-hydrogen) atoms. The van der Waals surface area contributed by atoms with Crippen LogP contribution in [0.3, 0.4) is 0 Å². The van der Waals surface area contributed by atoms with Gasteiger partial charge in [0.15, 0.2) is 0 Å². The average Bonchev–Trinajstić information content (AvgIpc) is 2.42. The van der Waals surface area contributed by atoms with Gasteiger partial charge in [0.05, 0.1) is 11.6 Å². The Morgan fingerprint density at radius 3 is 2.33 bits per heavy atom. The van der Waals surface area contributed by atoms with E-state index in [1.807, 2.05) is 31.2 Å². The van der Waals surface area contributed by atoms with Gasteiger partial charge in [-0.15, -0.1) is 0 Å². The van der Waals surface area contributed by atoms with Crippen LogP contribution in [0.15, 0.2) is 46.9 Å². The molecule has 6 heteroatoms. The lowest BCUT2D eigenvalue weighted by Gasteiger charge is -2.21. The zero-order valence-corrected chi connectivity index (χ0v) is 12.8. The van der Waals surface area contributed by atoms with E-state index in [1.165, 1.54) is 6.07 Å². The third-order valence-electron chi connectivity index (χ3n) is 3.30. The predicted octanol–water partition coefficient (Wildman–Crippen LogP) is 4.33. The van der Waals surface area contributed by atoms with E-state index in [2.05, 4.69) is 21.4 Å². The number of rotatable bonds is 3. The van der Waals surface area contributed by atoms with Crippen molar-refractivity contribution in [3.8, 4) is 0 Å². The number of hydrogen-bond acceptors (Lipinski definition) is 2. The monoisotopic (exact) mass is 358 g/mol. The summed E-state index contributed by atoms with van der Waals surface area (Å²) in [6, 6.07) is 10.4. The van der Waals surface area contributed by atoms with E-state index < -0.39 is 17.8 Å². The van der Waals surface area contributed by atoms with Gasteiger partial charge < -0.3 is 0 Å². The van der Waals surface area contributed by atoms with Gasteiger partial charge in [-0.25, -0.2) is 5.43 Å². The summed E-state index contributed by atoms with van der Waals surface area (Å²) in [7, 11) is 0. The molecule has 3 N–H and O–H groups in total. The summed E-state index contributed by atoms with van der Waals surface area (Å²) in [5, 5.41) is 0. The molecule has 0 aliphatic heterocycles. The fourth-order valence-corrected chi connectivity index (χ4v) is 2.67. The van der Waals surface area contributed by atoms with Crippen molar-refractivity contribution in [2.24, 2.45) is 5.84 Å². The van der Waals surface area contributed by atoms with E-state index in [9.17, 15) is 13.2 Å². The van der Waals surface area contributed by atoms with Crippen molar-refractivity contribution >= 4 is 15.9 Å². The predicted molar refractivity (Wildman–Crippen MR) is 79.5 cm³/mol. The maximum absolute atomic E-state index is 12.9. The number of alkyl halides is 3. The number of benzene rings is 2. The molecule has 1 unspecified atom stereocenters. The lowest BCUT2D eigenvalue weighted by Crippen LogP contribution is -2.30. The largest absolute Gasteiger partial charge is 0.416 e.